The van der Waals surface area contributed by atoms with Gasteiger partial charge in [-0.15, -0.1) is 11.3 Å². The summed E-state index contributed by atoms with van der Waals surface area (Å²) in [6, 6.07) is 15.3. The maximum Gasteiger partial charge on any atom is 0.269 e. The molecule has 1 heterocycles. The summed E-state index contributed by atoms with van der Waals surface area (Å²) in [5.41, 5.74) is 4.48. The molecule has 1 aromatic heterocycles. The Hall–Kier alpha value is -2.53. The molecule has 0 fully saturated rings. The van der Waals surface area contributed by atoms with Gasteiger partial charge in [-0.05, 0) is 35.6 Å². The summed E-state index contributed by atoms with van der Waals surface area (Å²) in [7, 11) is 0. The van der Waals surface area contributed by atoms with Crippen LogP contribution in [0.4, 0.5) is 5.69 Å². The van der Waals surface area contributed by atoms with E-state index in [-0.39, 0.29) is 16.5 Å². The summed E-state index contributed by atoms with van der Waals surface area (Å²) in [5.74, 6) is 0.876. The van der Waals surface area contributed by atoms with Gasteiger partial charge in [0.05, 0.1) is 10.6 Å². The van der Waals surface area contributed by atoms with Crippen molar-refractivity contribution in [2.45, 2.75) is 33.1 Å². The fourth-order valence-electron chi connectivity index (χ4n) is 2.93. The van der Waals surface area contributed by atoms with Crippen LogP contribution in [0.1, 0.15) is 42.8 Å². The smallest absolute Gasteiger partial charge is 0.258 e. The van der Waals surface area contributed by atoms with Crippen LogP contribution < -0.4 is 0 Å². The lowest BCUT2D eigenvalue weighted by molar-refractivity contribution is -0.384. The van der Waals surface area contributed by atoms with Crippen molar-refractivity contribution in [1.82, 2.24) is 4.98 Å². The number of aromatic nitrogens is 1. The Morgan fingerprint density at radius 2 is 1.69 bits per heavy atom. The van der Waals surface area contributed by atoms with E-state index in [4.69, 9.17) is 4.98 Å². The van der Waals surface area contributed by atoms with Gasteiger partial charge in [0.25, 0.3) is 5.69 Å². The third-order valence-electron chi connectivity index (χ3n) is 4.39. The van der Waals surface area contributed by atoms with Gasteiger partial charge in [-0.25, -0.2) is 4.98 Å². The second-order valence-electron chi connectivity index (χ2n) is 6.94. The number of benzene rings is 2. The fraction of sp³-hybridized carbons (Fsp3) is 0.286. The Morgan fingerprint density at radius 3 is 2.27 bits per heavy atom. The SMILES string of the molecule is CC(C)Cc1ccc([C@@H](C)c2nc(-c3ccc([N+](=O)[O-])cc3)cs2)cc1. The van der Waals surface area contributed by atoms with Gasteiger partial charge in [-0.3, -0.25) is 10.1 Å². The van der Waals surface area contributed by atoms with Crippen molar-refractivity contribution in [2.75, 3.05) is 0 Å². The summed E-state index contributed by atoms with van der Waals surface area (Å²) in [6.07, 6.45) is 1.09. The molecule has 0 saturated heterocycles. The van der Waals surface area contributed by atoms with Crippen LogP contribution in [0.25, 0.3) is 11.3 Å². The first-order valence-electron chi connectivity index (χ1n) is 8.73. The Kier molecular flexibility index (Phi) is 5.47. The molecule has 0 spiro atoms. The highest BCUT2D eigenvalue weighted by Gasteiger charge is 2.14. The van der Waals surface area contributed by atoms with E-state index >= 15 is 0 Å². The summed E-state index contributed by atoms with van der Waals surface area (Å²) >= 11 is 1.63. The van der Waals surface area contributed by atoms with Crippen LogP contribution in [-0.2, 0) is 6.42 Å². The number of thiazole rings is 1. The second kappa shape index (κ2) is 7.79. The molecule has 1 atom stereocenters. The van der Waals surface area contributed by atoms with E-state index in [1.807, 2.05) is 5.38 Å². The summed E-state index contributed by atoms with van der Waals surface area (Å²) in [4.78, 5) is 15.1. The third-order valence-corrected chi connectivity index (χ3v) is 5.42. The molecule has 4 nitrogen and oxygen atoms in total. The molecule has 0 aliphatic heterocycles. The number of nitro benzene ring substituents is 1. The van der Waals surface area contributed by atoms with Crippen molar-refractivity contribution in [3.63, 3.8) is 0 Å². The molecule has 3 aromatic rings. The highest BCUT2D eigenvalue weighted by molar-refractivity contribution is 7.10. The number of hydrogen-bond donors (Lipinski definition) is 0. The van der Waals surface area contributed by atoms with Gasteiger partial charge < -0.3 is 0 Å². The van der Waals surface area contributed by atoms with Crippen LogP contribution in [0.15, 0.2) is 53.9 Å². The van der Waals surface area contributed by atoms with Gasteiger partial charge in [-0.1, -0.05) is 45.0 Å². The Bertz CT molecular complexity index is 883. The molecule has 0 N–H and O–H groups in total. The topological polar surface area (TPSA) is 56.0 Å². The molecular formula is C21H22N2O2S. The predicted molar refractivity (Wildman–Crippen MR) is 107 cm³/mol. The van der Waals surface area contributed by atoms with E-state index in [1.165, 1.54) is 23.3 Å². The minimum absolute atomic E-state index is 0.0964. The van der Waals surface area contributed by atoms with E-state index in [9.17, 15) is 10.1 Å². The molecule has 134 valence electrons. The Balaban J connectivity index is 1.77. The molecule has 0 aliphatic rings. The zero-order chi connectivity index (χ0) is 18.7. The van der Waals surface area contributed by atoms with E-state index < -0.39 is 0 Å². The van der Waals surface area contributed by atoms with Crippen molar-refractivity contribution < 1.29 is 4.92 Å². The van der Waals surface area contributed by atoms with Crippen molar-refractivity contribution in [2.24, 2.45) is 5.92 Å². The van der Waals surface area contributed by atoms with Crippen molar-refractivity contribution in [3.8, 4) is 11.3 Å². The quantitative estimate of drug-likeness (QED) is 0.393. The molecule has 0 bridgehead atoms. The van der Waals surface area contributed by atoms with E-state index in [1.54, 1.807) is 23.5 Å². The number of rotatable bonds is 6. The van der Waals surface area contributed by atoms with E-state index in [2.05, 4.69) is 45.0 Å². The molecule has 0 amide bonds. The minimum Gasteiger partial charge on any atom is -0.258 e. The summed E-state index contributed by atoms with van der Waals surface area (Å²) in [5, 5.41) is 13.8. The number of hydrogen-bond acceptors (Lipinski definition) is 4. The van der Waals surface area contributed by atoms with Gasteiger partial charge in [0, 0.05) is 29.0 Å². The molecular weight excluding hydrogens is 344 g/mol. The van der Waals surface area contributed by atoms with Gasteiger partial charge in [-0.2, -0.15) is 0 Å². The van der Waals surface area contributed by atoms with Crippen LogP contribution in [0.3, 0.4) is 0 Å². The molecule has 5 heteroatoms. The van der Waals surface area contributed by atoms with Gasteiger partial charge in [0.2, 0.25) is 0 Å². The lowest BCUT2D eigenvalue weighted by Crippen LogP contribution is -1.98. The highest BCUT2D eigenvalue weighted by atomic mass is 32.1. The second-order valence-corrected chi connectivity index (χ2v) is 7.83. The lowest BCUT2D eigenvalue weighted by atomic mass is 9.97. The monoisotopic (exact) mass is 366 g/mol. The molecule has 2 aromatic carbocycles. The number of non-ortho nitro benzene ring substituents is 1. The molecule has 0 saturated carbocycles. The maximum atomic E-state index is 10.8. The molecule has 26 heavy (non-hydrogen) atoms. The van der Waals surface area contributed by atoms with Crippen LogP contribution in [0.5, 0.6) is 0 Å². The van der Waals surface area contributed by atoms with Crippen molar-refractivity contribution in [1.29, 1.82) is 0 Å². The lowest BCUT2D eigenvalue weighted by Gasteiger charge is -2.11. The first-order chi connectivity index (χ1) is 12.4. The maximum absolute atomic E-state index is 10.8. The van der Waals surface area contributed by atoms with E-state index in [0.29, 0.717) is 5.92 Å². The van der Waals surface area contributed by atoms with Crippen LogP contribution in [0, 0.1) is 16.0 Å². The molecule has 3 rings (SSSR count). The minimum atomic E-state index is -0.388. The number of nitrogens with zero attached hydrogens (tertiary/aromatic N) is 2. The third kappa shape index (κ3) is 4.17. The zero-order valence-electron chi connectivity index (χ0n) is 15.2. The standard InChI is InChI=1S/C21H22N2O2S/c1-14(2)12-16-4-6-17(7-5-16)15(3)21-22-20(13-26-21)18-8-10-19(11-9-18)23(24)25/h4-11,13-15H,12H2,1-3H3/t15-/m1/s1. The highest BCUT2D eigenvalue weighted by Crippen LogP contribution is 2.31. The normalized spacial score (nSPS) is 12.3. The largest absolute Gasteiger partial charge is 0.269 e. The van der Waals surface area contributed by atoms with Gasteiger partial charge >= 0.3 is 0 Å². The molecule has 0 aliphatic carbocycles. The first-order valence-corrected chi connectivity index (χ1v) is 9.61. The Labute approximate surface area is 157 Å². The van der Waals surface area contributed by atoms with Crippen molar-refractivity contribution in [3.05, 3.63) is 80.2 Å². The summed E-state index contributed by atoms with van der Waals surface area (Å²) in [6.45, 7) is 6.62. The average molecular weight is 366 g/mol. The molecule has 0 radical (unpaired) electrons. The van der Waals surface area contributed by atoms with Crippen LogP contribution in [-0.4, -0.2) is 9.91 Å². The fourth-order valence-corrected chi connectivity index (χ4v) is 3.84. The van der Waals surface area contributed by atoms with E-state index in [0.717, 1.165) is 22.7 Å². The van der Waals surface area contributed by atoms with Crippen molar-refractivity contribution >= 4 is 17.0 Å². The molecule has 0 unspecified atom stereocenters. The van der Waals surface area contributed by atoms with Crippen LogP contribution >= 0.6 is 11.3 Å². The Morgan fingerprint density at radius 1 is 1.04 bits per heavy atom. The first kappa shape index (κ1) is 18.3. The van der Waals surface area contributed by atoms with Gasteiger partial charge in [0.1, 0.15) is 5.01 Å². The predicted octanol–water partition coefficient (Wildman–Crippen LogP) is 6.07. The number of nitro groups is 1. The summed E-state index contributed by atoms with van der Waals surface area (Å²) < 4.78 is 0. The average Bonchev–Trinajstić information content (AvgIpc) is 3.11. The zero-order valence-corrected chi connectivity index (χ0v) is 16.0. The van der Waals surface area contributed by atoms with Gasteiger partial charge in [0.15, 0.2) is 0 Å². The van der Waals surface area contributed by atoms with Crippen LogP contribution in [0.2, 0.25) is 0 Å².